The number of nitrogens with one attached hydrogen (secondary N) is 1. The van der Waals surface area contributed by atoms with Crippen LogP contribution >= 0.6 is 0 Å². The Labute approximate surface area is 119 Å². The number of hydrogen-bond acceptors (Lipinski definition) is 4. The standard InChI is InChI=1S/C14H23N5O/c1-11(2)19-10-13(8-15-19)17-14-16-12(3)9-18(14)6-5-7-20-4/h8-11H,5-7H2,1-4H3,(H,16,17). The van der Waals surface area contributed by atoms with Crippen LogP contribution in [0.1, 0.15) is 32.0 Å². The average molecular weight is 277 g/mol. The van der Waals surface area contributed by atoms with Crippen LogP contribution in [0.25, 0.3) is 0 Å². The third-order valence-electron chi connectivity index (χ3n) is 3.03. The third-order valence-corrected chi connectivity index (χ3v) is 3.03. The first kappa shape index (κ1) is 14.6. The van der Waals surface area contributed by atoms with Crippen molar-refractivity contribution in [2.24, 2.45) is 0 Å². The Morgan fingerprint density at radius 1 is 1.35 bits per heavy atom. The summed E-state index contributed by atoms with van der Waals surface area (Å²) in [5.74, 6) is 0.849. The highest BCUT2D eigenvalue weighted by Crippen LogP contribution is 2.17. The van der Waals surface area contributed by atoms with E-state index in [4.69, 9.17) is 4.74 Å². The fourth-order valence-electron chi connectivity index (χ4n) is 2.01. The Morgan fingerprint density at radius 2 is 2.15 bits per heavy atom. The molecule has 0 saturated carbocycles. The van der Waals surface area contributed by atoms with Crippen LogP contribution in [0.3, 0.4) is 0 Å². The minimum Gasteiger partial charge on any atom is -0.385 e. The van der Waals surface area contributed by atoms with E-state index in [0.717, 1.165) is 36.9 Å². The molecule has 0 aromatic carbocycles. The smallest absolute Gasteiger partial charge is 0.207 e. The highest BCUT2D eigenvalue weighted by Gasteiger charge is 2.08. The minimum atomic E-state index is 0.355. The second-order valence-electron chi connectivity index (χ2n) is 5.17. The first-order valence-corrected chi connectivity index (χ1v) is 6.94. The van der Waals surface area contributed by atoms with Gasteiger partial charge in [-0.05, 0) is 27.2 Å². The largest absolute Gasteiger partial charge is 0.385 e. The number of nitrogens with zero attached hydrogens (tertiary/aromatic N) is 4. The van der Waals surface area contributed by atoms with E-state index < -0.39 is 0 Å². The van der Waals surface area contributed by atoms with E-state index >= 15 is 0 Å². The molecule has 0 fully saturated rings. The summed E-state index contributed by atoms with van der Waals surface area (Å²) in [4.78, 5) is 4.51. The van der Waals surface area contributed by atoms with Gasteiger partial charge in [0.2, 0.25) is 5.95 Å². The molecule has 0 atom stereocenters. The number of aromatic nitrogens is 4. The maximum absolute atomic E-state index is 5.09. The van der Waals surface area contributed by atoms with Gasteiger partial charge in [0, 0.05) is 38.7 Å². The van der Waals surface area contributed by atoms with Crippen LogP contribution in [0.2, 0.25) is 0 Å². The Hall–Kier alpha value is -1.82. The van der Waals surface area contributed by atoms with Gasteiger partial charge >= 0.3 is 0 Å². The van der Waals surface area contributed by atoms with Crippen molar-refractivity contribution in [3.63, 3.8) is 0 Å². The summed E-state index contributed by atoms with van der Waals surface area (Å²) >= 11 is 0. The lowest BCUT2D eigenvalue weighted by atomic mass is 10.4. The van der Waals surface area contributed by atoms with Gasteiger partial charge in [0.15, 0.2) is 0 Å². The van der Waals surface area contributed by atoms with Crippen molar-refractivity contribution < 1.29 is 4.74 Å². The van der Waals surface area contributed by atoms with Gasteiger partial charge in [0.05, 0.1) is 17.6 Å². The van der Waals surface area contributed by atoms with E-state index in [1.54, 1.807) is 7.11 Å². The summed E-state index contributed by atoms with van der Waals surface area (Å²) in [6, 6.07) is 0.355. The lowest BCUT2D eigenvalue weighted by molar-refractivity contribution is 0.190. The molecule has 2 aromatic rings. The summed E-state index contributed by atoms with van der Waals surface area (Å²) < 4.78 is 9.13. The van der Waals surface area contributed by atoms with Crippen LogP contribution < -0.4 is 5.32 Å². The van der Waals surface area contributed by atoms with Crippen molar-refractivity contribution in [1.29, 1.82) is 0 Å². The van der Waals surface area contributed by atoms with Crippen molar-refractivity contribution in [2.45, 2.75) is 39.8 Å². The molecule has 0 aliphatic carbocycles. The Morgan fingerprint density at radius 3 is 2.80 bits per heavy atom. The fraction of sp³-hybridized carbons (Fsp3) is 0.571. The van der Waals surface area contributed by atoms with E-state index in [2.05, 4.69) is 33.8 Å². The molecule has 1 N–H and O–H groups in total. The molecule has 2 heterocycles. The van der Waals surface area contributed by atoms with Gasteiger partial charge in [-0.15, -0.1) is 0 Å². The molecular formula is C14H23N5O. The van der Waals surface area contributed by atoms with Crippen molar-refractivity contribution in [3.05, 3.63) is 24.3 Å². The molecule has 6 heteroatoms. The van der Waals surface area contributed by atoms with Crippen LogP contribution in [0, 0.1) is 6.92 Å². The van der Waals surface area contributed by atoms with Gasteiger partial charge in [-0.1, -0.05) is 0 Å². The fourth-order valence-corrected chi connectivity index (χ4v) is 2.01. The third kappa shape index (κ3) is 3.60. The van der Waals surface area contributed by atoms with E-state index in [1.807, 2.05) is 30.2 Å². The number of anilines is 2. The highest BCUT2D eigenvalue weighted by atomic mass is 16.5. The van der Waals surface area contributed by atoms with E-state index in [-0.39, 0.29) is 0 Å². The number of methoxy groups -OCH3 is 1. The van der Waals surface area contributed by atoms with Gasteiger partial charge in [-0.2, -0.15) is 5.10 Å². The zero-order valence-corrected chi connectivity index (χ0v) is 12.6. The maximum Gasteiger partial charge on any atom is 0.207 e. The van der Waals surface area contributed by atoms with Crippen LogP contribution in [0.5, 0.6) is 0 Å². The van der Waals surface area contributed by atoms with Crippen molar-refractivity contribution >= 4 is 11.6 Å². The number of hydrogen-bond donors (Lipinski definition) is 1. The molecule has 0 amide bonds. The second-order valence-corrected chi connectivity index (χ2v) is 5.17. The van der Waals surface area contributed by atoms with Crippen molar-refractivity contribution in [2.75, 3.05) is 19.0 Å². The summed E-state index contributed by atoms with van der Waals surface area (Å²) in [5.41, 5.74) is 1.96. The van der Waals surface area contributed by atoms with Crippen LogP contribution in [-0.2, 0) is 11.3 Å². The predicted molar refractivity (Wildman–Crippen MR) is 79.4 cm³/mol. The summed E-state index contributed by atoms with van der Waals surface area (Å²) in [6.45, 7) is 7.84. The summed E-state index contributed by atoms with van der Waals surface area (Å²) in [5, 5.41) is 7.64. The molecule has 0 aliphatic rings. The normalized spacial score (nSPS) is 11.2. The molecule has 0 unspecified atom stereocenters. The molecule has 2 aromatic heterocycles. The molecule has 2 rings (SSSR count). The monoisotopic (exact) mass is 277 g/mol. The average Bonchev–Trinajstić information content (AvgIpc) is 2.98. The number of ether oxygens (including phenoxy) is 1. The highest BCUT2D eigenvalue weighted by molar-refractivity contribution is 5.51. The van der Waals surface area contributed by atoms with Gasteiger partial charge in [-0.3, -0.25) is 4.68 Å². The van der Waals surface area contributed by atoms with Crippen LogP contribution in [0.4, 0.5) is 11.6 Å². The molecule has 110 valence electrons. The number of aryl methyl sites for hydroxylation is 2. The molecule has 6 nitrogen and oxygen atoms in total. The quantitative estimate of drug-likeness (QED) is 0.791. The molecule has 0 spiro atoms. The topological polar surface area (TPSA) is 56.9 Å². The zero-order valence-electron chi connectivity index (χ0n) is 12.6. The lowest BCUT2D eigenvalue weighted by Gasteiger charge is -2.08. The lowest BCUT2D eigenvalue weighted by Crippen LogP contribution is -2.05. The Balaban J connectivity index is 2.07. The summed E-state index contributed by atoms with van der Waals surface area (Å²) in [7, 11) is 1.72. The van der Waals surface area contributed by atoms with E-state index in [0.29, 0.717) is 6.04 Å². The minimum absolute atomic E-state index is 0.355. The van der Waals surface area contributed by atoms with Gasteiger partial charge < -0.3 is 14.6 Å². The molecule has 0 aliphatic heterocycles. The van der Waals surface area contributed by atoms with Crippen molar-refractivity contribution in [3.8, 4) is 0 Å². The first-order chi connectivity index (χ1) is 9.60. The predicted octanol–water partition coefficient (Wildman–Crippen LogP) is 2.75. The Bertz CT molecular complexity index is 544. The Kier molecular flexibility index (Phi) is 4.79. The molecular weight excluding hydrogens is 254 g/mol. The first-order valence-electron chi connectivity index (χ1n) is 6.94. The van der Waals surface area contributed by atoms with Gasteiger partial charge in [0.25, 0.3) is 0 Å². The van der Waals surface area contributed by atoms with Crippen molar-refractivity contribution in [1.82, 2.24) is 19.3 Å². The maximum atomic E-state index is 5.09. The molecule has 20 heavy (non-hydrogen) atoms. The number of rotatable bonds is 7. The van der Waals surface area contributed by atoms with Crippen LogP contribution in [0.15, 0.2) is 18.6 Å². The zero-order chi connectivity index (χ0) is 14.5. The second kappa shape index (κ2) is 6.56. The molecule has 0 bridgehead atoms. The van der Waals surface area contributed by atoms with Gasteiger partial charge in [0.1, 0.15) is 0 Å². The SMILES string of the molecule is COCCCn1cc(C)nc1Nc1cnn(C(C)C)c1. The van der Waals surface area contributed by atoms with Crippen LogP contribution in [-0.4, -0.2) is 33.0 Å². The van der Waals surface area contributed by atoms with E-state index in [1.165, 1.54) is 0 Å². The summed E-state index contributed by atoms with van der Waals surface area (Å²) in [6.07, 6.45) is 6.83. The van der Waals surface area contributed by atoms with E-state index in [9.17, 15) is 0 Å². The molecule has 0 radical (unpaired) electrons. The molecule has 0 saturated heterocycles. The van der Waals surface area contributed by atoms with Gasteiger partial charge in [-0.25, -0.2) is 4.98 Å². The number of imidazole rings is 1.